The Bertz CT molecular complexity index is 561. The minimum Gasteiger partial charge on any atom is -0.258 e. The molecule has 0 fully saturated rings. The lowest BCUT2D eigenvalue weighted by molar-refractivity contribution is -0.385. The van der Waals surface area contributed by atoms with Crippen LogP contribution in [0.2, 0.25) is 5.15 Å². The topological polar surface area (TPSA) is 68.9 Å². The molecule has 1 heterocycles. The van der Waals surface area contributed by atoms with E-state index in [0.717, 1.165) is 0 Å². The number of rotatable bonds is 3. The zero-order valence-corrected chi connectivity index (χ0v) is 11.5. The van der Waals surface area contributed by atoms with Crippen molar-refractivity contribution in [2.45, 2.75) is 20.3 Å². The van der Waals surface area contributed by atoms with Gasteiger partial charge in [0.2, 0.25) is 0 Å². The molecule has 2 aromatic rings. The van der Waals surface area contributed by atoms with E-state index in [0.29, 0.717) is 17.7 Å². The molecule has 0 radical (unpaired) electrons. The number of halogens is 1. The number of nitro benzene ring substituents is 1. The van der Waals surface area contributed by atoms with Crippen molar-refractivity contribution < 1.29 is 4.92 Å². The number of nitro groups is 1. The third-order valence-corrected chi connectivity index (χ3v) is 2.58. The van der Waals surface area contributed by atoms with Crippen LogP contribution in [-0.2, 0) is 6.42 Å². The van der Waals surface area contributed by atoms with Gasteiger partial charge in [-0.05, 0) is 0 Å². The predicted octanol–water partition coefficient (Wildman–Crippen LogP) is 3.66. The highest BCUT2D eigenvalue weighted by molar-refractivity contribution is 6.30. The molecule has 6 heteroatoms. The first-order chi connectivity index (χ1) is 9.18. The van der Waals surface area contributed by atoms with Gasteiger partial charge in [0.25, 0.3) is 5.69 Å². The third kappa shape index (κ3) is 3.99. The molecule has 5 nitrogen and oxygen atoms in total. The van der Waals surface area contributed by atoms with E-state index in [1.54, 1.807) is 18.2 Å². The number of para-hydroxylation sites is 1. The van der Waals surface area contributed by atoms with Crippen LogP contribution in [0.25, 0.3) is 0 Å². The Kier molecular flexibility index (Phi) is 5.89. The van der Waals surface area contributed by atoms with Crippen molar-refractivity contribution >= 4 is 17.3 Å². The van der Waals surface area contributed by atoms with Gasteiger partial charge in [0.15, 0.2) is 5.15 Å². The van der Waals surface area contributed by atoms with Crippen molar-refractivity contribution in [3.63, 3.8) is 0 Å². The Morgan fingerprint density at radius 2 is 1.84 bits per heavy atom. The minimum absolute atomic E-state index is 0.0641. The molecule has 0 amide bonds. The number of aromatic nitrogens is 2. The lowest BCUT2D eigenvalue weighted by Crippen LogP contribution is -1.99. The monoisotopic (exact) mass is 279 g/mol. The molecular weight excluding hydrogens is 266 g/mol. The molecule has 2 rings (SSSR count). The van der Waals surface area contributed by atoms with Crippen LogP contribution in [0.5, 0.6) is 0 Å². The van der Waals surface area contributed by atoms with Gasteiger partial charge >= 0.3 is 0 Å². The summed E-state index contributed by atoms with van der Waals surface area (Å²) < 4.78 is 0. The molecule has 0 unspecified atom stereocenters. The van der Waals surface area contributed by atoms with Crippen LogP contribution in [0.1, 0.15) is 25.1 Å². The second-order valence-corrected chi connectivity index (χ2v) is 3.71. The van der Waals surface area contributed by atoms with E-state index in [2.05, 4.69) is 9.97 Å². The van der Waals surface area contributed by atoms with Gasteiger partial charge in [-0.15, -0.1) is 0 Å². The van der Waals surface area contributed by atoms with E-state index in [1.165, 1.54) is 18.5 Å². The fourth-order valence-electron chi connectivity index (χ4n) is 1.49. The molecule has 1 aromatic heterocycles. The van der Waals surface area contributed by atoms with E-state index in [1.807, 2.05) is 13.8 Å². The van der Waals surface area contributed by atoms with Crippen molar-refractivity contribution in [1.29, 1.82) is 0 Å². The predicted molar refractivity (Wildman–Crippen MR) is 74.3 cm³/mol. The molecule has 0 atom stereocenters. The van der Waals surface area contributed by atoms with Gasteiger partial charge in [-0.1, -0.05) is 43.6 Å². The molecule has 0 bridgehead atoms. The zero-order chi connectivity index (χ0) is 14.3. The molecule has 0 saturated carbocycles. The average molecular weight is 280 g/mol. The fourth-order valence-corrected chi connectivity index (χ4v) is 1.66. The van der Waals surface area contributed by atoms with Gasteiger partial charge in [0.1, 0.15) is 0 Å². The second-order valence-electron chi connectivity index (χ2n) is 3.36. The highest BCUT2D eigenvalue weighted by Gasteiger charge is 2.14. The summed E-state index contributed by atoms with van der Waals surface area (Å²) in [6.07, 6.45) is 3.28. The minimum atomic E-state index is -0.417. The Labute approximate surface area is 116 Å². The molecular formula is C13H14ClN3O2. The summed E-state index contributed by atoms with van der Waals surface area (Å²) >= 11 is 5.86. The highest BCUT2D eigenvalue weighted by Crippen LogP contribution is 2.22. The van der Waals surface area contributed by atoms with Crippen LogP contribution in [0.15, 0.2) is 36.7 Å². The van der Waals surface area contributed by atoms with E-state index in [-0.39, 0.29) is 10.8 Å². The fraction of sp³-hybridized carbons (Fsp3) is 0.231. The third-order valence-electron chi connectivity index (χ3n) is 2.27. The van der Waals surface area contributed by atoms with Gasteiger partial charge in [-0.3, -0.25) is 15.1 Å². The summed E-state index contributed by atoms with van der Waals surface area (Å²) in [4.78, 5) is 18.4. The summed E-state index contributed by atoms with van der Waals surface area (Å²) in [5.41, 5.74) is 1.16. The van der Waals surface area contributed by atoms with E-state index in [4.69, 9.17) is 11.6 Å². The van der Waals surface area contributed by atoms with E-state index < -0.39 is 4.92 Å². The normalized spacial score (nSPS) is 9.42. The van der Waals surface area contributed by atoms with E-state index >= 15 is 0 Å². The Morgan fingerprint density at radius 1 is 1.21 bits per heavy atom. The number of nitrogens with zero attached hydrogens (tertiary/aromatic N) is 3. The van der Waals surface area contributed by atoms with Gasteiger partial charge < -0.3 is 0 Å². The lowest BCUT2D eigenvalue weighted by Gasteiger charge is -2.03. The molecule has 100 valence electrons. The Morgan fingerprint density at radius 3 is 2.47 bits per heavy atom. The first-order valence-electron chi connectivity index (χ1n) is 5.86. The number of hydrogen-bond donors (Lipinski definition) is 0. The molecule has 0 N–H and O–H groups in total. The summed E-state index contributed by atoms with van der Waals surface area (Å²) in [6, 6.07) is 6.51. The number of benzene rings is 1. The Hall–Kier alpha value is -2.01. The van der Waals surface area contributed by atoms with Gasteiger partial charge in [0, 0.05) is 30.4 Å². The van der Waals surface area contributed by atoms with Crippen LogP contribution in [0.4, 0.5) is 5.69 Å². The summed E-state index contributed by atoms with van der Waals surface area (Å²) in [6.45, 7) is 4.00. The van der Waals surface area contributed by atoms with Crippen molar-refractivity contribution in [3.05, 3.63) is 63.2 Å². The summed E-state index contributed by atoms with van der Waals surface area (Å²) in [7, 11) is 0. The van der Waals surface area contributed by atoms with Crippen LogP contribution in [0.3, 0.4) is 0 Å². The smallest absolute Gasteiger partial charge is 0.258 e. The molecule has 0 aliphatic rings. The molecule has 1 aromatic carbocycles. The van der Waals surface area contributed by atoms with Gasteiger partial charge in [-0.2, -0.15) is 0 Å². The second kappa shape index (κ2) is 7.43. The summed E-state index contributed by atoms with van der Waals surface area (Å²) in [5.74, 6) is 0. The number of hydrogen-bond acceptors (Lipinski definition) is 4. The maximum absolute atomic E-state index is 10.8. The quantitative estimate of drug-likeness (QED) is 0.635. The average Bonchev–Trinajstić information content (AvgIpc) is 2.44. The Balaban J connectivity index is 0.000000861. The van der Waals surface area contributed by atoms with Crippen molar-refractivity contribution in [2.24, 2.45) is 0 Å². The van der Waals surface area contributed by atoms with E-state index in [9.17, 15) is 10.1 Å². The molecule has 19 heavy (non-hydrogen) atoms. The van der Waals surface area contributed by atoms with Crippen LogP contribution in [-0.4, -0.2) is 14.9 Å². The summed E-state index contributed by atoms with van der Waals surface area (Å²) in [5, 5.41) is 11.1. The molecule has 0 aliphatic heterocycles. The largest absolute Gasteiger partial charge is 0.272 e. The van der Waals surface area contributed by atoms with Crippen molar-refractivity contribution in [1.82, 2.24) is 9.97 Å². The maximum atomic E-state index is 10.8. The van der Waals surface area contributed by atoms with Crippen LogP contribution in [0, 0.1) is 10.1 Å². The standard InChI is InChI=1S/C11H8ClN3O2.C2H6/c12-11-9(13-5-6-14-11)7-8-3-1-2-4-10(8)15(16)17;1-2/h1-6H,7H2;1-2H3. The highest BCUT2D eigenvalue weighted by atomic mass is 35.5. The van der Waals surface area contributed by atoms with Gasteiger partial charge in [0.05, 0.1) is 10.6 Å². The molecule has 0 spiro atoms. The van der Waals surface area contributed by atoms with Crippen LogP contribution < -0.4 is 0 Å². The zero-order valence-electron chi connectivity index (χ0n) is 10.7. The first-order valence-corrected chi connectivity index (χ1v) is 6.24. The lowest BCUT2D eigenvalue weighted by atomic mass is 10.1. The van der Waals surface area contributed by atoms with Crippen molar-refractivity contribution in [3.8, 4) is 0 Å². The SMILES string of the molecule is CC.O=[N+]([O-])c1ccccc1Cc1nccnc1Cl. The molecule has 0 aliphatic carbocycles. The first kappa shape index (κ1) is 15.0. The maximum Gasteiger partial charge on any atom is 0.272 e. The molecule has 0 saturated heterocycles. The van der Waals surface area contributed by atoms with Crippen molar-refractivity contribution in [2.75, 3.05) is 0 Å². The van der Waals surface area contributed by atoms with Gasteiger partial charge in [-0.25, -0.2) is 4.98 Å². The van der Waals surface area contributed by atoms with Crippen LogP contribution >= 0.6 is 11.6 Å².